The number of nitrogens with zero attached hydrogens (tertiary/aromatic N) is 1. The number of pyridine rings is 1. The van der Waals surface area contributed by atoms with Crippen LogP contribution < -0.4 is 11.1 Å². The standard InChI is InChI=1S/C18H16F3N3O2/c19-18(20,21)16-6-2-11(8-23-16)17(26)24-15-5-1-10-7-12(22)3-4-13(10)14(15)9-25/h1-2,5-6,8-9,12H,3-4,7,22H2,(H,24,26)/t12-/m0/s1. The van der Waals surface area contributed by atoms with E-state index < -0.39 is 17.8 Å². The summed E-state index contributed by atoms with van der Waals surface area (Å²) in [5, 5.41) is 2.57. The van der Waals surface area contributed by atoms with E-state index in [4.69, 9.17) is 5.73 Å². The first-order valence-corrected chi connectivity index (χ1v) is 7.99. The lowest BCUT2D eigenvalue weighted by Crippen LogP contribution is -2.28. The predicted molar refractivity (Wildman–Crippen MR) is 89.0 cm³/mol. The van der Waals surface area contributed by atoms with Crippen molar-refractivity contribution in [3.8, 4) is 0 Å². The van der Waals surface area contributed by atoms with Gasteiger partial charge in [-0.3, -0.25) is 14.6 Å². The molecule has 1 aromatic heterocycles. The molecule has 1 aliphatic rings. The van der Waals surface area contributed by atoms with Crippen molar-refractivity contribution in [2.45, 2.75) is 31.5 Å². The molecule has 0 aliphatic heterocycles. The molecule has 1 amide bonds. The largest absolute Gasteiger partial charge is 0.433 e. The fourth-order valence-electron chi connectivity index (χ4n) is 3.04. The Labute approximate surface area is 147 Å². The Morgan fingerprint density at radius 3 is 2.65 bits per heavy atom. The highest BCUT2D eigenvalue weighted by Crippen LogP contribution is 2.29. The maximum Gasteiger partial charge on any atom is 0.433 e. The molecule has 1 atom stereocenters. The quantitative estimate of drug-likeness (QED) is 0.821. The number of anilines is 1. The van der Waals surface area contributed by atoms with Crippen molar-refractivity contribution in [3.05, 3.63) is 58.4 Å². The molecule has 0 bridgehead atoms. The summed E-state index contributed by atoms with van der Waals surface area (Å²) < 4.78 is 37.6. The zero-order chi connectivity index (χ0) is 18.9. The molecule has 0 saturated heterocycles. The summed E-state index contributed by atoms with van der Waals surface area (Å²) in [7, 11) is 0. The lowest BCUT2D eigenvalue weighted by atomic mass is 9.85. The van der Waals surface area contributed by atoms with Gasteiger partial charge >= 0.3 is 6.18 Å². The topological polar surface area (TPSA) is 85.1 Å². The Balaban J connectivity index is 1.84. The fourth-order valence-corrected chi connectivity index (χ4v) is 3.04. The first-order chi connectivity index (χ1) is 12.3. The highest BCUT2D eigenvalue weighted by molar-refractivity contribution is 6.06. The van der Waals surface area contributed by atoms with Crippen molar-refractivity contribution in [3.63, 3.8) is 0 Å². The molecule has 1 aromatic carbocycles. The van der Waals surface area contributed by atoms with Gasteiger partial charge in [-0.1, -0.05) is 6.07 Å². The number of nitrogens with one attached hydrogen (secondary N) is 1. The van der Waals surface area contributed by atoms with E-state index in [9.17, 15) is 22.8 Å². The zero-order valence-electron chi connectivity index (χ0n) is 13.6. The number of hydrogen-bond donors (Lipinski definition) is 2. The molecule has 0 spiro atoms. The van der Waals surface area contributed by atoms with Gasteiger partial charge in [-0.05, 0) is 48.6 Å². The first kappa shape index (κ1) is 18.1. The van der Waals surface area contributed by atoms with Gasteiger partial charge in [0.2, 0.25) is 0 Å². The molecular weight excluding hydrogens is 347 g/mol. The Morgan fingerprint density at radius 2 is 2.04 bits per heavy atom. The third kappa shape index (κ3) is 3.60. The van der Waals surface area contributed by atoms with Crippen molar-refractivity contribution < 1.29 is 22.8 Å². The normalized spacial score (nSPS) is 16.7. The number of fused-ring (bicyclic) bond motifs is 1. The van der Waals surface area contributed by atoms with Crippen LogP contribution in [0.1, 0.15) is 44.0 Å². The second-order valence-corrected chi connectivity index (χ2v) is 6.17. The minimum absolute atomic E-state index is 0.0328. The summed E-state index contributed by atoms with van der Waals surface area (Å²) in [6.45, 7) is 0. The Morgan fingerprint density at radius 1 is 1.27 bits per heavy atom. The van der Waals surface area contributed by atoms with Crippen molar-refractivity contribution in [2.24, 2.45) is 5.73 Å². The average Bonchev–Trinajstić information content (AvgIpc) is 2.61. The van der Waals surface area contributed by atoms with Crippen LogP contribution in [0.15, 0.2) is 30.5 Å². The van der Waals surface area contributed by atoms with Gasteiger partial charge in [-0.2, -0.15) is 13.2 Å². The van der Waals surface area contributed by atoms with Gasteiger partial charge in [0, 0.05) is 17.8 Å². The van der Waals surface area contributed by atoms with Gasteiger partial charge < -0.3 is 11.1 Å². The van der Waals surface area contributed by atoms with Crippen LogP contribution in [-0.2, 0) is 19.0 Å². The van der Waals surface area contributed by atoms with Crippen LogP contribution in [0.3, 0.4) is 0 Å². The molecule has 8 heteroatoms. The highest BCUT2D eigenvalue weighted by atomic mass is 19.4. The number of halogens is 3. The van der Waals surface area contributed by atoms with Crippen LogP contribution in [0, 0.1) is 0 Å². The molecule has 0 saturated carbocycles. The fraction of sp³-hybridized carbons (Fsp3) is 0.278. The number of rotatable bonds is 3. The average molecular weight is 363 g/mol. The van der Waals surface area contributed by atoms with Gasteiger partial charge in [0.1, 0.15) is 5.69 Å². The van der Waals surface area contributed by atoms with E-state index in [2.05, 4.69) is 10.3 Å². The molecular formula is C18H16F3N3O2. The Kier molecular flexibility index (Phi) is 4.78. The molecule has 0 fully saturated rings. The Hall–Kier alpha value is -2.74. The van der Waals surface area contributed by atoms with Crippen molar-refractivity contribution in [1.82, 2.24) is 4.98 Å². The second kappa shape index (κ2) is 6.87. The predicted octanol–water partition coefficient (Wildman–Crippen LogP) is 2.98. The molecule has 26 heavy (non-hydrogen) atoms. The van der Waals surface area contributed by atoms with E-state index in [-0.39, 0.29) is 11.6 Å². The number of nitrogens with two attached hydrogens (primary N) is 1. The minimum Gasteiger partial charge on any atom is -0.327 e. The number of amides is 1. The van der Waals surface area contributed by atoms with E-state index >= 15 is 0 Å². The SMILES string of the molecule is N[C@H]1CCc2c(ccc(NC(=O)c3ccc(C(F)(F)F)nc3)c2C=O)C1. The molecule has 0 radical (unpaired) electrons. The maximum absolute atomic E-state index is 12.5. The lowest BCUT2D eigenvalue weighted by molar-refractivity contribution is -0.141. The summed E-state index contributed by atoms with van der Waals surface area (Å²) >= 11 is 0. The second-order valence-electron chi connectivity index (χ2n) is 6.17. The maximum atomic E-state index is 12.5. The van der Waals surface area contributed by atoms with Gasteiger partial charge in [0.05, 0.1) is 11.3 Å². The van der Waals surface area contributed by atoms with Gasteiger partial charge in [0.15, 0.2) is 6.29 Å². The van der Waals surface area contributed by atoms with Crippen molar-refractivity contribution in [2.75, 3.05) is 5.32 Å². The summed E-state index contributed by atoms with van der Waals surface area (Å²) in [5.41, 5.74) is 7.34. The smallest absolute Gasteiger partial charge is 0.327 e. The van der Waals surface area contributed by atoms with Gasteiger partial charge in [-0.15, -0.1) is 0 Å². The molecule has 1 aliphatic carbocycles. The zero-order valence-corrected chi connectivity index (χ0v) is 13.6. The summed E-state index contributed by atoms with van der Waals surface area (Å²) in [4.78, 5) is 27.1. The number of carbonyl (C=O) groups is 2. The molecule has 5 nitrogen and oxygen atoms in total. The summed E-state index contributed by atoms with van der Waals surface area (Å²) in [6.07, 6.45) is -0.997. The van der Waals surface area contributed by atoms with Crippen LogP contribution in [0.5, 0.6) is 0 Å². The molecule has 0 unspecified atom stereocenters. The third-order valence-corrected chi connectivity index (χ3v) is 4.38. The minimum atomic E-state index is -4.57. The number of alkyl halides is 3. The molecule has 3 rings (SSSR count). The van der Waals surface area contributed by atoms with Gasteiger partial charge in [-0.25, -0.2) is 0 Å². The molecule has 3 N–H and O–H groups in total. The van der Waals surface area contributed by atoms with Crippen LogP contribution in [0.2, 0.25) is 0 Å². The first-order valence-electron chi connectivity index (χ1n) is 7.99. The molecule has 136 valence electrons. The van der Waals surface area contributed by atoms with E-state index in [0.717, 1.165) is 35.9 Å². The highest BCUT2D eigenvalue weighted by Gasteiger charge is 2.32. The number of aldehydes is 1. The van der Waals surface area contributed by atoms with Crippen LogP contribution >= 0.6 is 0 Å². The molecule has 2 aromatic rings. The summed E-state index contributed by atoms with van der Waals surface area (Å²) in [5.74, 6) is -0.637. The molecule has 1 heterocycles. The van der Waals surface area contributed by atoms with E-state index in [1.165, 1.54) is 0 Å². The lowest BCUT2D eigenvalue weighted by Gasteiger charge is -2.24. The van der Waals surface area contributed by atoms with Crippen molar-refractivity contribution in [1.29, 1.82) is 0 Å². The summed E-state index contributed by atoms with van der Waals surface area (Å²) in [6, 6.07) is 5.24. The number of carbonyl (C=O) groups excluding carboxylic acids is 2. The van der Waals surface area contributed by atoms with Crippen LogP contribution in [0.4, 0.5) is 18.9 Å². The number of hydrogen-bond acceptors (Lipinski definition) is 4. The van der Waals surface area contributed by atoms with Crippen LogP contribution in [0.25, 0.3) is 0 Å². The Bertz CT molecular complexity index is 848. The number of benzene rings is 1. The van der Waals surface area contributed by atoms with E-state index in [1.807, 2.05) is 6.07 Å². The monoisotopic (exact) mass is 363 g/mol. The van der Waals surface area contributed by atoms with Crippen molar-refractivity contribution >= 4 is 17.9 Å². The number of aromatic nitrogens is 1. The van der Waals surface area contributed by atoms with E-state index in [1.54, 1.807) is 6.07 Å². The van der Waals surface area contributed by atoms with E-state index in [0.29, 0.717) is 30.4 Å². The van der Waals surface area contributed by atoms with Crippen LogP contribution in [-0.4, -0.2) is 23.2 Å². The van der Waals surface area contributed by atoms with Gasteiger partial charge in [0.25, 0.3) is 5.91 Å². The third-order valence-electron chi connectivity index (χ3n) is 4.38.